The van der Waals surface area contributed by atoms with Gasteiger partial charge < -0.3 is 9.64 Å². The normalized spacial score (nSPS) is 15.8. The molecule has 0 saturated carbocycles. The number of methoxy groups -OCH3 is 1. The Bertz CT molecular complexity index is 814. The molecular weight excluding hydrogens is 382 g/mol. The second-order valence-corrected chi connectivity index (χ2v) is 6.30. The third kappa shape index (κ3) is 4.30. The minimum Gasteiger partial charge on any atom is -0.383 e. The van der Waals surface area contributed by atoms with E-state index in [-0.39, 0.29) is 18.8 Å². The maximum Gasteiger partial charge on any atom is 0.435 e. The Morgan fingerprint density at radius 2 is 1.79 bits per heavy atom. The number of nitrogens with zero attached hydrogens (tertiary/aromatic N) is 5. The number of carbonyl (C=O) groups is 1. The summed E-state index contributed by atoms with van der Waals surface area (Å²) >= 11 is 0. The molecule has 11 heteroatoms. The van der Waals surface area contributed by atoms with Gasteiger partial charge >= 0.3 is 6.18 Å². The maximum atomic E-state index is 13.7. The van der Waals surface area contributed by atoms with E-state index in [1.165, 1.54) is 4.90 Å². The Balaban J connectivity index is 1.84. The zero-order valence-electron chi connectivity index (χ0n) is 15.1. The van der Waals surface area contributed by atoms with Gasteiger partial charge in [-0.15, -0.1) is 5.10 Å². The fourth-order valence-corrected chi connectivity index (χ4v) is 2.99. The number of ether oxygens (including phenoxy) is 1. The van der Waals surface area contributed by atoms with E-state index in [2.05, 4.69) is 15.2 Å². The smallest absolute Gasteiger partial charge is 0.383 e. The molecule has 1 amide bonds. The summed E-state index contributed by atoms with van der Waals surface area (Å²) < 4.78 is 59.6. The summed E-state index contributed by atoms with van der Waals surface area (Å²) in [4.78, 5) is 16.1. The number of alkyl halides is 3. The van der Waals surface area contributed by atoms with E-state index in [0.29, 0.717) is 30.9 Å². The molecule has 0 N–H and O–H groups in total. The molecule has 1 aromatic carbocycles. The van der Waals surface area contributed by atoms with Crippen LogP contribution in [0, 0.1) is 5.82 Å². The monoisotopic (exact) mass is 401 g/mol. The average Bonchev–Trinajstić information content (AvgIpc) is 3.12. The Kier molecular flexibility index (Phi) is 5.94. The predicted octanol–water partition coefficient (Wildman–Crippen LogP) is 1.83. The molecule has 0 atom stereocenters. The van der Waals surface area contributed by atoms with Crippen LogP contribution in [0.1, 0.15) is 16.2 Å². The lowest BCUT2D eigenvalue weighted by atomic mass is 10.2. The Morgan fingerprint density at radius 3 is 2.36 bits per heavy atom. The first kappa shape index (κ1) is 20.2. The lowest BCUT2D eigenvalue weighted by molar-refractivity contribution is -0.143. The van der Waals surface area contributed by atoms with E-state index < -0.39 is 29.3 Å². The van der Waals surface area contributed by atoms with Crippen LogP contribution in [0.15, 0.2) is 24.3 Å². The van der Waals surface area contributed by atoms with Crippen molar-refractivity contribution in [1.29, 1.82) is 0 Å². The molecule has 1 aliphatic heterocycles. The number of aromatic nitrogens is 3. The van der Waals surface area contributed by atoms with Gasteiger partial charge in [-0.3, -0.25) is 9.69 Å². The van der Waals surface area contributed by atoms with Crippen LogP contribution in [0.4, 0.5) is 17.6 Å². The second kappa shape index (κ2) is 8.23. The molecule has 152 valence electrons. The summed E-state index contributed by atoms with van der Waals surface area (Å²) in [6.45, 7) is 2.85. The predicted molar refractivity (Wildman–Crippen MR) is 90.5 cm³/mol. The van der Waals surface area contributed by atoms with Crippen LogP contribution in [0.5, 0.6) is 0 Å². The van der Waals surface area contributed by atoms with E-state index in [1.807, 2.05) is 0 Å². The zero-order chi connectivity index (χ0) is 20.3. The molecule has 1 saturated heterocycles. The van der Waals surface area contributed by atoms with E-state index in [1.54, 1.807) is 7.11 Å². The van der Waals surface area contributed by atoms with Crippen molar-refractivity contribution >= 4 is 5.91 Å². The van der Waals surface area contributed by atoms with Crippen LogP contribution in [-0.2, 0) is 10.9 Å². The highest BCUT2D eigenvalue weighted by atomic mass is 19.4. The quantitative estimate of drug-likeness (QED) is 0.716. The van der Waals surface area contributed by atoms with Gasteiger partial charge in [0.15, 0.2) is 11.4 Å². The number of amides is 1. The molecule has 0 radical (unpaired) electrons. The molecule has 1 fully saturated rings. The van der Waals surface area contributed by atoms with Crippen molar-refractivity contribution in [3.05, 3.63) is 41.5 Å². The zero-order valence-corrected chi connectivity index (χ0v) is 15.1. The molecule has 0 aliphatic carbocycles. The van der Waals surface area contributed by atoms with Gasteiger partial charge in [0, 0.05) is 39.8 Å². The lowest BCUT2D eigenvalue weighted by Gasteiger charge is -2.34. The highest BCUT2D eigenvalue weighted by Gasteiger charge is 2.43. The van der Waals surface area contributed by atoms with Crippen LogP contribution in [-0.4, -0.2) is 77.1 Å². The van der Waals surface area contributed by atoms with E-state index in [9.17, 15) is 22.4 Å². The fourth-order valence-electron chi connectivity index (χ4n) is 2.99. The number of benzene rings is 1. The van der Waals surface area contributed by atoms with Gasteiger partial charge in [-0.2, -0.15) is 13.2 Å². The largest absolute Gasteiger partial charge is 0.435 e. The third-order valence-electron chi connectivity index (χ3n) is 4.48. The molecule has 3 rings (SSSR count). The number of hydrogen-bond acceptors (Lipinski definition) is 5. The molecule has 1 aliphatic rings. The standard InChI is InChI=1S/C17H19F4N5O2/c1-28-11-10-24-6-8-25(9-7-24)16(27)14-15(17(19,20)21)26(23-22-14)13-4-2-12(18)3-5-13/h2-5H,6-11H2,1H3. The van der Waals surface area contributed by atoms with Gasteiger partial charge in [-0.05, 0) is 24.3 Å². The summed E-state index contributed by atoms with van der Waals surface area (Å²) in [5.41, 5.74) is -2.07. The Hall–Kier alpha value is -2.53. The molecule has 28 heavy (non-hydrogen) atoms. The fraction of sp³-hybridized carbons (Fsp3) is 0.471. The molecule has 0 bridgehead atoms. The van der Waals surface area contributed by atoms with Crippen molar-refractivity contribution in [2.45, 2.75) is 6.18 Å². The summed E-state index contributed by atoms with van der Waals surface area (Å²) in [7, 11) is 1.59. The van der Waals surface area contributed by atoms with Crippen LogP contribution < -0.4 is 0 Å². The molecule has 2 aromatic rings. The molecule has 1 aromatic heterocycles. The molecule has 7 nitrogen and oxygen atoms in total. The second-order valence-electron chi connectivity index (χ2n) is 6.30. The van der Waals surface area contributed by atoms with Crippen molar-refractivity contribution in [3.63, 3.8) is 0 Å². The van der Waals surface area contributed by atoms with Crippen molar-refractivity contribution in [1.82, 2.24) is 24.8 Å². The van der Waals surface area contributed by atoms with Crippen LogP contribution >= 0.6 is 0 Å². The number of carbonyl (C=O) groups excluding carboxylic acids is 1. The Labute approximate surface area is 158 Å². The molecular formula is C17H19F4N5O2. The van der Waals surface area contributed by atoms with Crippen LogP contribution in [0.3, 0.4) is 0 Å². The number of halogens is 4. The van der Waals surface area contributed by atoms with E-state index in [4.69, 9.17) is 4.74 Å². The maximum absolute atomic E-state index is 13.7. The first-order chi connectivity index (χ1) is 13.3. The van der Waals surface area contributed by atoms with Gasteiger partial charge in [0.1, 0.15) is 5.82 Å². The minimum atomic E-state index is -4.86. The van der Waals surface area contributed by atoms with Crippen LogP contribution in [0.25, 0.3) is 5.69 Å². The van der Waals surface area contributed by atoms with Gasteiger partial charge in [0.25, 0.3) is 5.91 Å². The van der Waals surface area contributed by atoms with Crippen molar-refractivity contribution in [3.8, 4) is 5.69 Å². The number of hydrogen-bond donors (Lipinski definition) is 0. The summed E-state index contributed by atoms with van der Waals surface area (Å²) in [5, 5.41) is 7.00. The van der Waals surface area contributed by atoms with Gasteiger partial charge in [0.2, 0.25) is 0 Å². The molecule has 2 heterocycles. The summed E-state index contributed by atoms with van der Waals surface area (Å²) in [6, 6.07) is 4.31. The van der Waals surface area contributed by atoms with Crippen molar-refractivity contribution in [2.24, 2.45) is 0 Å². The highest BCUT2D eigenvalue weighted by Crippen LogP contribution is 2.33. The van der Waals surface area contributed by atoms with E-state index >= 15 is 0 Å². The van der Waals surface area contributed by atoms with E-state index in [0.717, 1.165) is 24.3 Å². The number of piperazine rings is 1. The molecule has 0 spiro atoms. The minimum absolute atomic E-state index is 0.0374. The van der Waals surface area contributed by atoms with Crippen molar-refractivity contribution < 1.29 is 27.1 Å². The first-order valence-corrected chi connectivity index (χ1v) is 8.60. The van der Waals surface area contributed by atoms with Crippen LogP contribution in [0.2, 0.25) is 0 Å². The Morgan fingerprint density at radius 1 is 1.14 bits per heavy atom. The first-order valence-electron chi connectivity index (χ1n) is 8.60. The lowest BCUT2D eigenvalue weighted by Crippen LogP contribution is -2.49. The van der Waals surface area contributed by atoms with Gasteiger partial charge in [-0.25, -0.2) is 9.07 Å². The average molecular weight is 401 g/mol. The summed E-state index contributed by atoms with van der Waals surface area (Å²) in [6.07, 6.45) is -4.86. The third-order valence-corrected chi connectivity index (χ3v) is 4.48. The summed E-state index contributed by atoms with van der Waals surface area (Å²) in [5.74, 6) is -1.42. The SMILES string of the molecule is COCCN1CCN(C(=O)c2nnn(-c3ccc(F)cc3)c2C(F)(F)F)CC1. The van der Waals surface area contributed by atoms with Gasteiger partial charge in [-0.1, -0.05) is 5.21 Å². The highest BCUT2D eigenvalue weighted by molar-refractivity contribution is 5.93. The van der Waals surface area contributed by atoms with Gasteiger partial charge in [0.05, 0.1) is 12.3 Å². The number of rotatable bonds is 5. The molecule has 0 unspecified atom stereocenters. The van der Waals surface area contributed by atoms with Crippen molar-refractivity contribution in [2.75, 3.05) is 46.4 Å². The topological polar surface area (TPSA) is 63.5 Å².